The number of hydrogen-bond acceptors (Lipinski definition) is 4. The van der Waals surface area contributed by atoms with Crippen molar-refractivity contribution in [2.24, 2.45) is 5.92 Å². The van der Waals surface area contributed by atoms with Gasteiger partial charge in [-0.15, -0.1) is 0 Å². The normalized spacial score (nSPS) is 13.1. The molecule has 0 fully saturated rings. The Morgan fingerprint density at radius 3 is 2.32 bits per heavy atom. The first-order valence-corrected chi connectivity index (χ1v) is 7.52. The van der Waals surface area contributed by atoms with Crippen LogP contribution in [0.25, 0.3) is 0 Å². The first kappa shape index (κ1) is 18.0. The van der Waals surface area contributed by atoms with Gasteiger partial charge in [-0.2, -0.15) is 0 Å². The summed E-state index contributed by atoms with van der Waals surface area (Å²) < 4.78 is 9.85. The zero-order chi connectivity index (χ0) is 16.5. The van der Waals surface area contributed by atoms with Crippen LogP contribution < -0.4 is 10.1 Å². The van der Waals surface area contributed by atoms with Crippen LogP contribution in [0.15, 0.2) is 24.3 Å². The molecule has 0 radical (unpaired) electrons. The topological polar surface area (TPSA) is 64.6 Å². The zero-order valence-electron chi connectivity index (χ0n) is 13.7. The first-order chi connectivity index (χ1) is 10.5. The quantitative estimate of drug-likeness (QED) is 0.750. The van der Waals surface area contributed by atoms with Crippen molar-refractivity contribution < 1.29 is 19.1 Å². The van der Waals surface area contributed by atoms with Crippen LogP contribution in [0.5, 0.6) is 5.75 Å². The molecule has 1 rings (SSSR count). The fourth-order valence-corrected chi connectivity index (χ4v) is 2.22. The van der Waals surface area contributed by atoms with Gasteiger partial charge < -0.3 is 14.8 Å². The Morgan fingerprint density at radius 1 is 1.18 bits per heavy atom. The van der Waals surface area contributed by atoms with E-state index in [0.29, 0.717) is 0 Å². The molecule has 1 amide bonds. The standard InChI is InChI=1S/C17H25NO4/c1-5-6-12(2)17(20)18-15(11-16(19)22-4)13-7-9-14(21-3)10-8-13/h7-10,12,15H,5-6,11H2,1-4H3,(H,18,20)/t12-,15-/m1/s1. The molecule has 1 aromatic carbocycles. The molecule has 0 aromatic heterocycles. The summed E-state index contributed by atoms with van der Waals surface area (Å²) in [7, 11) is 2.93. The third-order valence-corrected chi connectivity index (χ3v) is 3.60. The molecule has 0 aliphatic rings. The molecule has 22 heavy (non-hydrogen) atoms. The lowest BCUT2D eigenvalue weighted by Crippen LogP contribution is -2.34. The van der Waals surface area contributed by atoms with Crippen LogP contribution in [0.4, 0.5) is 0 Å². The molecule has 1 aromatic rings. The maximum atomic E-state index is 12.2. The van der Waals surface area contributed by atoms with Crippen LogP contribution in [-0.2, 0) is 14.3 Å². The van der Waals surface area contributed by atoms with Gasteiger partial charge in [0.15, 0.2) is 0 Å². The van der Waals surface area contributed by atoms with Gasteiger partial charge >= 0.3 is 5.97 Å². The lowest BCUT2D eigenvalue weighted by atomic mass is 10.0. The van der Waals surface area contributed by atoms with Gasteiger partial charge in [0.1, 0.15) is 5.75 Å². The second-order valence-corrected chi connectivity index (χ2v) is 5.30. The second-order valence-electron chi connectivity index (χ2n) is 5.30. The van der Waals surface area contributed by atoms with Crippen LogP contribution >= 0.6 is 0 Å². The number of carbonyl (C=O) groups excluding carboxylic acids is 2. The number of amides is 1. The van der Waals surface area contributed by atoms with Crippen molar-refractivity contribution in [3.05, 3.63) is 29.8 Å². The second kappa shape index (κ2) is 9.07. The third kappa shape index (κ3) is 5.39. The molecule has 0 aliphatic carbocycles. The third-order valence-electron chi connectivity index (χ3n) is 3.60. The van der Waals surface area contributed by atoms with Crippen LogP contribution in [0.1, 0.15) is 44.7 Å². The maximum Gasteiger partial charge on any atom is 0.307 e. The number of benzene rings is 1. The van der Waals surface area contributed by atoms with Gasteiger partial charge in [-0.25, -0.2) is 0 Å². The highest BCUT2D eigenvalue weighted by Gasteiger charge is 2.21. The molecule has 0 saturated heterocycles. The molecular formula is C17H25NO4. The summed E-state index contributed by atoms with van der Waals surface area (Å²) in [6.07, 6.45) is 1.87. The van der Waals surface area contributed by atoms with Gasteiger partial charge in [0.25, 0.3) is 0 Å². The van der Waals surface area contributed by atoms with E-state index in [2.05, 4.69) is 5.32 Å². The predicted octanol–water partition coefficient (Wildman–Crippen LogP) is 2.85. The molecule has 0 spiro atoms. The van der Waals surface area contributed by atoms with E-state index >= 15 is 0 Å². The Balaban J connectivity index is 2.87. The highest BCUT2D eigenvalue weighted by Crippen LogP contribution is 2.21. The summed E-state index contributed by atoms with van der Waals surface area (Å²) in [5.74, 6) is 0.241. The molecule has 122 valence electrons. The predicted molar refractivity (Wildman–Crippen MR) is 84.6 cm³/mol. The van der Waals surface area contributed by atoms with E-state index in [-0.39, 0.29) is 24.2 Å². The number of methoxy groups -OCH3 is 2. The van der Waals surface area contributed by atoms with Gasteiger partial charge in [0, 0.05) is 5.92 Å². The van der Waals surface area contributed by atoms with Gasteiger partial charge in [0.05, 0.1) is 26.7 Å². The minimum absolute atomic E-state index is 0.0495. The van der Waals surface area contributed by atoms with E-state index in [1.54, 1.807) is 19.2 Å². The molecule has 0 bridgehead atoms. The lowest BCUT2D eigenvalue weighted by molar-refractivity contribution is -0.141. The monoisotopic (exact) mass is 307 g/mol. The van der Waals surface area contributed by atoms with Crippen LogP contribution in [0.3, 0.4) is 0 Å². The molecule has 0 unspecified atom stereocenters. The van der Waals surface area contributed by atoms with E-state index in [1.165, 1.54) is 7.11 Å². The van der Waals surface area contributed by atoms with Gasteiger partial charge in [0.2, 0.25) is 5.91 Å². The number of ether oxygens (including phenoxy) is 2. The summed E-state index contributed by atoms with van der Waals surface area (Å²) in [5.41, 5.74) is 0.850. The summed E-state index contributed by atoms with van der Waals surface area (Å²) in [4.78, 5) is 23.8. The number of hydrogen-bond donors (Lipinski definition) is 1. The van der Waals surface area contributed by atoms with Crippen LogP contribution in [0.2, 0.25) is 0 Å². The maximum absolute atomic E-state index is 12.2. The van der Waals surface area contributed by atoms with Gasteiger partial charge in [-0.05, 0) is 24.1 Å². The lowest BCUT2D eigenvalue weighted by Gasteiger charge is -2.21. The van der Waals surface area contributed by atoms with Crippen molar-refractivity contribution in [2.75, 3.05) is 14.2 Å². The molecule has 0 heterocycles. The fraction of sp³-hybridized carbons (Fsp3) is 0.529. The van der Waals surface area contributed by atoms with E-state index in [1.807, 2.05) is 26.0 Å². The summed E-state index contributed by atoms with van der Waals surface area (Å²) in [6.45, 7) is 3.93. The van der Waals surface area contributed by atoms with Crippen molar-refractivity contribution in [2.45, 2.75) is 39.2 Å². The number of carbonyl (C=O) groups is 2. The van der Waals surface area contributed by atoms with Crippen molar-refractivity contribution in [1.29, 1.82) is 0 Å². The number of rotatable bonds is 8. The number of nitrogens with one attached hydrogen (secondary N) is 1. The molecular weight excluding hydrogens is 282 g/mol. The Labute approximate surface area is 132 Å². The zero-order valence-corrected chi connectivity index (χ0v) is 13.7. The van der Waals surface area contributed by atoms with E-state index < -0.39 is 6.04 Å². The summed E-state index contributed by atoms with van der Waals surface area (Å²) in [6, 6.07) is 6.90. The van der Waals surface area contributed by atoms with Crippen molar-refractivity contribution in [3.8, 4) is 5.75 Å². The Hall–Kier alpha value is -2.04. The highest BCUT2D eigenvalue weighted by atomic mass is 16.5. The van der Waals surface area contributed by atoms with E-state index in [4.69, 9.17) is 9.47 Å². The summed E-state index contributed by atoms with van der Waals surface area (Å²) >= 11 is 0. The van der Waals surface area contributed by atoms with Crippen LogP contribution in [0, 0.1) is 5.92 Å². The smallest absolute Gasteiger partial charge is 0.307 e. The molecule has 0 saturated carbocycles. The molecule has 1 N–H and O–H groups in total. The molecule has 5 heteroatoms. The van der Waals surface area contributed by atoms with Crippen molar-refractivity contribution in [3.63, 3.8) is 0 Å². The molecule has 0 aliphatic heterocycles. The largest absolute Gasteiger partial charge is 0.497 e. The highest BCUT2D eigenvalue weighted by molar-refractivity contribution is 5.80. The molecule has 5 nitrogen and oxygen atoms in total. The minimum Gasteiger partial charge on any atom is -0.497 e. The average molecular weight is 307 g/mol. The van der Waals surface area contributed by atoms with E-state index in [9.17, 15) is 9.59 Å². The number of esters is 1. The van der Waals surface area contributed by atoms with Gasteiger partial charge in [-0.1, -0.05) is 32.4 Å². The van der Waals surface area contributed by atoms with Crippen molar-refractivity contribution in [1.82, 2.24) is 5.32 Å². The minimum atomic E-state index is -0.398. The van der Waals surface area contributed by atoms with Crippen molar-refractivity contribution >= 4 is 11.9 Å². The Bertz CT molecular complexity index is 484. The Morgan fingerprint density at radius 2 is 1.82 bits per heavy atom. The average Bonchev–Trinajstić information content (AvgIpc) is 2.54. The van der Waals surface area contributed by atoms with E-state index in [0.717, 1.165) is 24.2 Å². The molecule has 2 atom stereocenters. The fourth-order valence-electron chi connectivity index (χ4n) is 2.22. The summed E-state index contributed by atoms with van der Waals surface area (Å²) in [5, 5.41) is 2.94. The Kier molecular flexibility index (Phi) is 7.43. The SMILES string of the molecule is CCC[C@@H](C)C(=O)N[C@H](CC(=O)OC)c1ccc(OC)cc1. The first-order valence-electron chi connectivity index (χ1n) is 7.52. The van der Waals surface area contributed by atoms with Gasteiger partial charge in [-0.3, -0.25) is 9.59 Å². The van der Waals surface area contributed by atoms with Crippen LogP contribution in [-0.4, -0.2) is 26.1 Å².